The predicted molar refractivity (Wildman–Crippen MR) is 94.0 cm³/mol. The van der Waals surface area contributed by atoms with Gasteiger partial charge in [-0.25, -0.2) is 0 Å². The number of anilines is 2. The minimum atomic E-state index is -0.226. The summed E-state index contributed by atoms with van der Waals surface area (Å²) in [5.41, 5.74) is 13.9. The summed E-state index contributed by atoms with van der Waals surface area (Å²) >= 11 is 3.37. The van der Waals surface area contributed by atoms with Crippen molar-refractivity contribution < 1.29 is 9.59 Å². The maximum absolute atomic E-state index is 12.9. The summed E-state index contributed by atoms with van der Waals surface area (Å²) in [6.07, 6.45) is 0.759. The average Bonchev–Trinajstić information content (AvgIpc) is 2.56. The first kappa shape index (κ1) is 15.7. The maximum atomic E-state index is 12.9. The SMILES string of the molecule is NCCCNc1cc(Br)c(N)c2c1C(=O)c1ccccc1C2=O. The predicted octanol–water partition coefficient (Wildman–Crippen LogP) is 2.57. The van der Waals surface area contributed by atoms with Gasteiger partial charge in [-0.15, -0.1) is 0 Å². The molecule has 6 heteroatoms. The summed E-state index contributed by atoms with van der Waals surface area (Å²) in [6, 6.07) is 8.55. The number of fused-ring (bicyclic) bond motifs is 2. The van der Waals surface area contributed by atoms with Gasteiger partial charge in [0.15, 0.2) is 11.6 Å². The Morgan fingerprint density at radius 1 is 1.04 bits per heavy atom. The third-order valence-electron chi connectivity index (χ3n) is 3.88. The van der Waals surface area contributed by atoms with Crippen molar-refractivity contribution in [2.75, 3.05) is 24.1 Å². The second-order valence-corrected chi connectivity index (χ2v) is 6.20. The van der Waals surface area contributed by atoms with Crippen LogP contribution in [0.1, 0.15) is 38.3 Å². The number of benzene rings is 2. The van der Waals surface area contributed by atoms with Crippen molar-refractivity contribution in [3.05, 3.63) is 57.1 Å². The molecule has 0 heterocycles. The molecule has 23 heavy (non-hydrogen) atoms. The third-order valence-corrected chi connectivity index (χ3v) is 4.54. The molecule has 5 nitrogen and oxygen atoms in total. The molecular formula is C17H16BrN3O2. The summed E-state index contributed by atoms with van der Waals surface area (Å²) in [4.78, 5) is 25.7. The monoisotopic (exact) mass is 373 g/mol. The second kappa shape index (κ2) is 6.14. The van der Waals surface area contributed by atoms with E-state index in [1.807, 2.05) is 0 Å². The number of hydrogen-bond donors (Lipinski definition) is 3. The van der Waals surface area contributed by atoms with Gasteiger partial charge in [0.25, 0.3) is 0 Å². The van der Waals surface area contributed by atoms with Gasteiger partial charge in [0.1, 0.15) is 0 Å². The normalized spacial score (nSPS) is 12.8. The Balaban J connectivity index is 2.20. The lowest BCUT2D eigenvalue weighted by Gasteiger charge is -2.23. The van der Waals surface area contributed by atoms with E-state index in [9.17, 15) is 9.59 Å². The molecule has 0 spiro atoms. The quantitative estimate of drug-likeness (QED) is 0.482. The topological polar surface area (TPSA) is 98.2 Å². The minimum Gasteiger partial charge on any atom is -0.397 e. The molecule has 0 radical (unpaired) electrons. The van der Waals surface area contributed by atoms with E-state index in [-0.39, 0.29) is 22.8 Å². The number of nitrogens with two attached hydrogens (primary N) is 2. The average molecular weight is 374 g/mol. The number of ketones is 2. The largest absolute Gasteiger partial charge is 0.397 e. The van der Waals surface area contributed by atoms with Crippen molar-refractivity contribution in [3.63, 3.8) is 0 Å². The molecule has 3 rings (SSSR count). The molecule has 0 unspecified atom stereocenters. The fourth-order valence-electron chi connectivity index (χ4n) is 2.75. The van der Waals surface area contributed by atoms with E-state index in [1.165, 1.54) is 0 Å². The zero-order chi connectivity index (χ0) is 16.6. The highest BCUT2D eigenvalue weighted by Crippen LogP contribution is 2.39. The van der Waals surface area contributed by atoms with Crippen LogP contribution in [0, 0.1) is 0 Å². The Bertz CT molecular complexity index is 818. The number of rotatable bonds is 4. The van der Waals surface area contributed by atoms with Crippen LogP contribution >= 0.6 is 15.9 Å². The van der Waals surface area contributed by atoms with Crippen molar-refractivity contribution in [1.29, 1.82) is 0 Å². The fraction of sp³-hybridized carbons (Fsp3) is 0.176. The zero-order valence-electron chi connectivity index (χ0n) is 12.4. The van der Waals surface area contributed by atoms with Gasteiger partial charge in [0.05, 0.1) is 16.8 Å². The minimum absolute atomic E-state index is 0.190. The Labute approximate surface area is 142 Å². The molecule has 0 saturated heterocycles. The van der Waals surface area contributed by atoms with E-state index in [4.69, 9.17) is 11.5 Å². The van der Waals surface area contributed by atoms with Gasteiger partial charge in [-0.05, 0) is 35.0 Å². The highest BCUT2D eigenvalue weighted by Gasteiger charge is 2.34. The van der Waals surface area contributed by atoms with Crippen LogP contribution in [0.4, 0.5) is 11.4 Å². The lowest BCUT2D eigenvalue weighted by atomic mass is 9.82. The Morgan fingerprint density at radius 3 is 2.26 bits per heavy atom. The van der Waals surface area contributed by atoms with Gasteiger partial charge in [0, 0.05) is 27.8 Å². The van der Waals surface area contributed by atoms with Crippen molar-refractivity contribution in [2.24, 2.45) is 5.73 Å². The summed E-state index contributed by atoms with van der Waals surface area (Å²) in [5.74, 6) is -0.416. The van der Waals surface area contributed by atoms with E-state index in [0.717, 1.165) is 6.42 Å². The van der Waals surface area contributed by atoms with Crippen molar-refractivity contribution in [1.82, 2.24) is 0 Å². The lowest BCUT2D eigenvalue weighted by Crippen LogP contribution is -2.24. The number of carbonyl (C=O) groups is 2. The van der Waals surface area contributed by atoms with Crippen LogP contribution in [0.3, 0.4) is 0 Å². The van der Waals surface area contributed by atoms with Crippen LogP contribution in [0.5, 0.6) is 0 Å². The standard InChI is InChI=1S/C17H16BrN3O2/c18-11-8-12(21-7-3-6-19)13-14(15(11)20)17(23)10-5-2-1-4-9(10)16(13)22/h1-2,4-5,8,21H,3,6-7,19-20H2. The molecule has 2 aromatic rings. The van der Waals surface area contributed by atoms with Crippen LogP contribution in [-0.2, 0) is 0 Å². The first-order chi connectivity index (χ1) is 11.1. The van der Waals surface area contributed by atoms with Crippen LogP contribution in [0.15, 0.2) is 34.8 Å². The Morgan fingerprint density at radius 2 is 1.65 bits per heavy atom. The molecule has 0 atom stereocenters. The number of nitrogen functional groups attached to an aromatic ring is 1. The van der Waals surface area contributed by atoms with E-state index in [0.29, 0.717) is 39.9 Å². The van der Waals surface area contributed by atoms with Crippen LogP contribution < -0.4 is 16.8 Å². The third kappa shape index (κ3) is 2.54. The highest BCUT2D eigenvalue weighted by atomic mass is 79.9. The molecule has 1 aliphatic rings. The zero-order valence-corrected chi connectivity index (χ0v) is 13.9. The number of nitrogens with one attached hydrogen (secondary N) is 1. The summed E-state index contributed by atoms with van der Waals surface area (Å²) in [6.45, 7) is 1.16. The van der Waals surface area contributed by atoms with Crippen molar-refractivity contribution in [3.8, 4) is 0 Å². The van der Waals surface area contributed by atoms with Gasteiger partial charge in [-0.3, -0.25) is 9.59 Å². The number of hydrogen-bond acceptors (Lipinski definition) is 5. The summed E-state index contributed by atoms with van der Waals surface area (Å²) in [7, 11) is 0. The first-order valence-electron chi connectivity index (χ1n) is 7.30. The molecule has 0 aromatic heterocycles. The van der Waals surface area contributed by atoms with Crippen molar-refractivity contribution in [2.45, 2.75) is 6.42 Å². The first-order valence-corrected chi connectivity index (χ1v) is 8.10. The molecular weight excluding hydrogens is 358 g/mol. The molecule has 0 aliphatic heterocycles. The lowest BCUT2D eigenvalue weighted by molar-refractivity contribution is 0.0980. The van der Waals surface area contributed by atoms with Gasteiger partial charge in [0.2, 0.25) is 0 Å². The Kier molecular flexibility index (Phi) is 4.19. The van der Waals surface area contributed by atoms with Gasteiger partial charge < -0.3 is 16.8 Å². The molecule has 0 saturated carbocycles. The van der Waals surface area contributed by atoms with E-state index < -0.39 is 0 Å². The van der Waals surface area contributed by atoms with Crippen LogP contribution in [0.2, 0.25) is 0 Å². The number of carbonyl (C=O) groups excluding carboxylic acids is 2. The van der Waals surface area contributed by atoms with E-state index in [2.05, 4.69) is 21.2 Å². The summed E-state index contributed by atoms with van der Waals surface area (Å²) < 4.78 is 0.590. The smallest absolute Gasteiger partial charge is 0.196 e. The van der Waals surface area contributed by atoms with Gasteiger partial charge >= 0.3 is 0 Å². The summed E-state index contributed by atoms with van der Waals surface area (Å²) in [5, 5.41) is 3.18. The molecule has 2 aromatic carbocycles. The van der Waals surface area contributed by atoms with Gasteiger partial charge in [-0.2, -0.15) is 0 Å². The van der Waals surface area contributed by atoms with Gasteiger partial charge in [-0.1, -0.05) is 24.3 Å². The molecule has 0 bridgehead atoms. The molecule has 1 aliphatic carbocycles. The van der Waals surface area contributed by atoms with E-state index in [1.54, 1.807) is 30.3 Å². The fourth-order valence-corrected chi connectivity index (χ4v) is 3.18. The maximum Gasteiger partial charge on any atom is 0.196 e. The van der Waals surface area contributed by atoms with Crippen LogP contribution in [-0.4, -0.2) is 24.7 Å². The number of halogens is 1. The molecule has 0 fully saturated rings. The highest BCUT2D eigenvalue weighted by molar-refractivity contribution is 9.10. The van der Waals surface area contributed by atoms with Crippen molar-refractivity contribution >= 4 is 38.9 Å². The molecule has 0 amide bonds. The van der Waals surface area contributed by atoms with E-state index >= 15 is 0 Å². The molecule has 118 valence electrons. The molecule has 5 N–H and O–H groups in total. The Hall–Kier alpha value is -2.18. The second-order valence-electron chi connectivity index (χ2n) is 5.34. The van der Waals surface area contributed by atoms with Crippen LogP contribution in [0.25, 0.3) is 0 Å².